The van der Waals surface area contributed by atoms with E-state index in [0.717, 1.165) is 49.7 Å². The van der Waals surface area contributed by atoms with Gasteiger partial charge in [-0.25, -0.2) is 9.97 Å². The van der Waals surface area contributed by atoms with E-state index in [9.17, 15) is 4.79 Å². The van der Waals surface area contributed by atoms with Crippen LogP contribution in [0.25, 0.3) is 10.2 Å². The number of halogens is 3. The molecule has 40 heavy (non-hydrogen) atoms. The first-order valence-corrected chi connectivity index (χ1v) is 15.3. The lowest BCUT2D eigenvalue weighted by Crippen LogP contribution is -2.45. The maximum Gasteiger partial charge on any atom is 0.258 e. The Hall–Kier alpha value is -2.47. The summed E-state index contributed by atoms with van der Waals surface area (Å²) >= 11 is 17.9. The molecule has 12 heteroatoms. The van der Waals surface area contributed by atoms with Gasteiger partial charge in [0.2, 0.25) is 0 Å². The lowest BCUT2D eigenvalue weighted by Gasteiger charge is -2.34. The molecule has 0 saturated carbocycles. The Morgan fingerprint density at radius 3 is 2.48 bits per heavy atom. The van der Waals surface area contributed by atoms with Crippen molar-refractivity contribution in [2.75, 3.05) is 50.5 Å². The van der Waals surface area contributed by atoms with Crippen LogP contribution in [0.5, 0.6) is 5.75 Å². The number of likely N-dealkylation sites (N-methyl/N-ethyl adjacent to an activating group) is 1. The van der Waals surface area contributed by atoms with Crippen LogP contribution in [-0.2, 0) is 6.54 Å². The largest absolute Gasteiger partial charge is 0.494 e. The Labute approximate surface area is 255 Å². The number of nitrogens with zero attached hydrogens (tertiary/aromatic N) is 4. The Bertz CT molecular complexity index is 1540. The van der Waals surface area contributed by atoms with Crippen molar-refractivity contribution < 1.29 is 9.53 Å². The molecule has 1 aliphatic heterocycles. The number of anilines is 3. The fourth-order valence-electron chi connectivity index (χ4n) is 4.68. The van der Waals surface area contributed by atoms with E-state index < -0.39 is 0 Å². The van der Waals surface area contributed by atoms with Crippen LogP contribution in [0.2, 0.25) is 10.0 Å². The number of thiophene rings is 1. The highest BCUT2D eigenvalue weighted by Crippen LogP contribution is 2.46. The molecule has 1 aliphatic rings. The fraction of sp³-hybridized carbons (Fsp3) is 0.321. The van der Waals surface area contributed by atoms with E-state index in [1.165, 1.54) is 30.3 Å². The summed E-state index contributed by atoms with van der Waals surface area (Å²) in [5.74, 6) is 0.648. The highest BCUT2D eigenvalue weighted by Gasteiger charge is 2.23. The molecule has 210 valence electrons. The number of fused-ring (bicyclic) bond motifs is 1. The van der Waals surface area contributed by atoms with Crippen molar-refractivity contribution in [3.8, 4) is 5.75 Å². The van der Waals surface area contributed by atoms with Crippen LogP contribution in [0, 0.1) is 6.92 Å². The number of rotatable bonds is 8. The molecule has 2 aromatic heterocycles. The van der Waals surface area contributed by atoms with Crippen molar-refractivity contribution >= 4 is 83.8 Å². The number of methoxy groups -OCH3 is 1. The van der Waals surface area contributed by atoms with Gasteiger partial charge in [-0.05, 0) is 52.7 Å². The summed E-state index contributed by atoms with van der Waals surface area (Å²) in [4.78, 5) is 27.1. The van der Waals surface area contributed by atoms with Crippen molar-refractivity contribution in [1.29, 1.82) is 0 Å². The summed E-state index contributed by atoms with van der Waals surface area (Å²) in [6.45, 7) is 10.5. The molecule has 0 radical (unpaired) electrons. The van der Waals surface area contributed by atoms with Crippen molar-refractivity contribution in [2.45, 2.75) is 20.4 Å². The van der Waals surface area contributed by atoms with Crippen molar-refractivity contribution in [2.24, 2.45) is 0 Å². The number of hydrogen-bond acceptors (Lipinski definition) is 8. The zero-order valence-electron chi connectivity index (χ0n) is 22.4. The molecule has 8 nitrogen and oxygen atoms in total. The molecule has 2 aromatic carbocycles. The van der Waals surface area contributed by atoms with Crippen molar-refractivity contribution in [3.05, 3.63) is 67.2 Å². The molecule has 5 rings (SSSR count). The molecule has 1 fully saturated rings. The second-order valence-electron chi connectivity index (χ2n) is 9.51. The molecule has 1 amide bonds. The molecule has 4 aromatic rings. The van der Waals surface area contributed by atoms with Gasteiger partial charge in [-0.2, -0.15) is 0 Å². The summed E-state index contributed by atoms with van der Waals surface area (Å²) in [6.07, 6.45) is 1.45. The number of amides is 1. The zero-order chi connectivity index (χ0) is 28.4. The lowest BCUT2D eigenvalue weighted by molar-refractivity contribution is 0.102. The minimum absolute atomic E-state index is 0.210. The molecule has 1 saturated heterocycles. The molecule has 0 bridgehead atoms. The quantitative estimate of drug-likeness (QED) is 0.206. The number of nitrogens with one attached hydrogen (secondary N) is 2. The third-order valence-corrected chi connectivity index (χ3v) is 9.84. The van der Waals surface area contributed by atoms with E-state index >= 15 is 0 Å². The second kappa shape index (κ2) is 12.6. The van der Waals surface area contributed by atoms with Crippen LogP contribution in [-0.4, -0.2) is 65.5 Å². The summed E-state index contributed by atoms with van der Waals surface area (Å²) in [5, 5.41) is 8.52. The summed E-state index contributed by atoms with van der Waals surface area (Å²) in [6, 6.07) is 8.39. The smallest absolute Gasteiger partial charge is 0.258 e. The van der Waals surface area contributed by atoms with Gasteiger partial charge in [-0.3, -0.25) is 9.69 Å². The number of piperazine rings is 1. The summed E-state index contributed by atoms with van der Waals surface area (Å²) in [5.41, 5.74) is 4.11. The van der Waals surface area contributed by atoms with Gasteiger partial charge in [-0.15, -0.1) is 11.3 Å². The Balaban J connectivity index is 1.32. The van der Waals surface area contributed by atoms with Crippen LogP contribution in [0.15, 0.2) is 40.4 Å². The first kappa shape index (κ1) is 29.0. The van der Waals surface area contributed by atoms with Gasteiger partial charge in [-0.1, -0.05) is 42.3 Å². The Morgan fingerprint density at radius 1 is 1.10 bits per heavy atom. The molecular formula is C28H29BrCl2N6O2S. The molecule has 0 unspecified atom stereocenters. The third kappa shape index (κ3) is 5.93. The Kier molecular flexibility index (Phi) is 9.14. The van der Waals surface area contributed by atoms with Gasteiger partial charge in [0.05, 0.1) is 38.1 Å². The summed E-state index contributed by atoms with van der Waals surface area (Å²) in [7, 11) is 1.50. The van der Waals surface area contributed by atoms with E-state index in [0.29, 0.717) is 37.7 Å². The molecule has 0 spiro atoms. The third-order valence-electron chi connectivity index (χ3n) is 7.07. The monoisotopic (exact) mass is 662 g/mol. The van der Waals surface area contributed by atoms with E-state index in [1.807, 2.05) is 6.92 Å². The number of ether oxygens (including phenoxy) is 1. The lowest BCUT2D eigenvalue weighted by atomic mass is 10.1. The maximum atomic E-state index is 13.3. The average Bonchev–Trinajstić information content (AvgIpc) is 3.41. The Morgan fingerprint density at radius 2 is 1.80 bits per heavy atom. The van der Waals surface area contributed by atoms with Gasteiger partial charge < -0.3 is 20.3 Å². The normalized spacial score (nSPS) is 14.4. The predicted octanol–water partition coefficient (Wildman–Crippen LogP) is 7.21. The highest BCUT2D eigenvalue weighted by molar-refractivity contribution is 9.10. The SMILES string of the molecule is CCN1CCN(Cc2ccc(Nc3ncnc4c(C(=O)Nc5c(Cl)c(C)c(Br)c(OC)c5Cl)csc34)cc2)CC1. The standard InChI is InChI=1S/C28H29BrCl2N6O2S/c1-4-36-9-11-37(12-10-36)13-17-5-7-18(8-6-17)34-27-26-23(32-15-33-27)19(14-40-26)28(38)35-24-21(30)16(2)20(29)25(39-3)22(24)31/h5-8,14-15H,4,9-13H2,1-3H3,(H,35,38)(H,32,33,34). The highest BCUT2D eigenvalue weighted by atomic mass is 79.9. The number of hydrogen-bond donors (Lipinski definition) is 2. The number of benzene rings is 2. The minimum atomic E-state index is -0.382. The zero-order valence-corrected chi connectivity index (χ0v) is 26.3. The minimum Gasteiger partial charge on any atom is -0.494 e. The van der Waals surface area contributed by atoms with Gasteiger partial charge in [0, 0.05) is 43.8 Å². The van der Waals surface area contributed by atoms with Gasteiger partial charge in [0.1, 0.15) is 11.3 Å². The first-order chi connectivity index (χ1) is 19.3. The fourth-order valence-corrected chi connectivity index (χ4v) is 7.01. The maximum absolute atomic E-state index is 13.3. The van der Waals surface area contributed by atoms with Gasteiger partial charge >= 0.3 is 0 Å². The topological polar surface area (TPSA) is 82.6 Å². The molecule has 2 N–H and O–H groups in total. The number of carbonyl (C=O) groups excluding carboxylic acids is 1. The van der Waals surface area contributed by atoms with Crippen molar-refractivity contribution in [3.63, 3.8) is 0 Å². The molecule has 3 heterocycles. The van der Waals surface area contributed by atoms with E-state index in [4.69, 9.17) is 27.9 Å². The van der Waals surface area contributed by atoms with Crippen LogP contribution in [0.1, 0.15) is 28.4 Å². The van der Waals surface area contributed by atoms with E-state index in [-0.39, 0.29) is 16.6 Å². The van der Waals surface area contributed by atoms with Gasteiger partial charge in [0.15, 0.2) is 11.6 Å². The van der Waals surface area contributed by atoms with Crippen LogP contribution < -0.4 is 15.4 Å². The molecule has 0 aliphatic carbocycles. The van der Waals surface area contributed by atoms with E-state index in [2.05, 4.69) is 77.5 Å². The van der Waals surface area contributed by atoms with Crippen molar-refractivity contribution in [1.82, 2.24) is 19.8 Å². The molecule has 0 atom stereocenters. The first-order valence-electron chi connectivity index (χ1n) is 12.9. The van der Waals surface area contributed by atoms with E-state index in [1.54, 1.807) is 5.38 Å². The number of aromatic nitrogens is 2. The van der Waals surface area contributed by atoms with Crippen LogP contribution >= 0.6 is 50.5 Å². The van der Waals surface area contributed by atoms with Crippen LogP contribution in [0.3, 0.4) is 0 Å². The van der Waals surface area contributed by atoms with Crippen LogP contribution in [0.4, 0.5) is 17.2 Å². The second-order valence-corrected chi connectivity index (χ2v) is 11.9. The molecular weight excluding hydrogens is 635 g/mol. The predicted molar refractivity (Wildman–Crippen MR) is 168 cm³/mol. The van der Waals surface area contributed by atoms with Gasteiger partial charge in [0.25, 0.3) is 5.91 Å². The number of carbonyl (C=O) groups is 1. The summed E-state index contributed by atoms with van der Waals surface area (Å²) < 4.78 is 6.81. The average molecular weight is 664 g/mol.